The van der Waals surface area contributed by atoms with Crippen LogP contribution in [0.2, 0.25) is 0 Å². The van der Waals surface area contributed by atoms with Crippen LogP contribution in [0.15, 0.2) is 109 Å². The Kier molecular flexibility index (Phi) is 55.5. The van der Waals surface area contributed by atoms with Gasteiger partial charge in [0.05, 0.1) is 32.0 Å². The first-order valence-electron chi connectivity index (χ1n) is 36.6. The van der Waals surface area contributed by atoms with Crippen molar-refractivity contribution >= 4 is 5.91 Å². The van der Waals surface area contributed by atoms with Crippen LogP contribution in [0.4, 0.5) is 0 Å². The van der Waals surface area contributed by atoms with Gasteiger partial charge >= 0.3 is 0 Å². The SMILES string of the molecule is CC/C=C\C/C=C\C/C=C\C/C=C\C/C=C\C/C=C\C/C=C\CCCCCCCCCCCCCCCCCCCC(=O)NC(COC1OC(CO)C(OC2OC(CO)C(O)C(O)C2O)C(O)C1O)C(O)/C=C/CC/C=C/CCCCCCCCCCCCCC. The summed E-state index contributed by atoms with van der Waals surface area (Å²) in [6.45, 7) is 2.68. The Bertz CT molecular complexity index is 1950. The summed E-state index contributed by atoms with van der Waals surface area (Å²) in [5.41, 5.74) is 0. The molecule has 2 aliphatic heterocycles. The summed E-state index contributed by atoms with van der Waals surface area (Å²) in [6, 6.07) is -0.937. The van der Waals surface area contributed by atoms with E-state index < -0.39 is 86.8 Å². The van der Waals surface area contributed by atoms with Crippen molar-refractivity contribution in [3.63, 3.8) is 0 Å². The summed E-state index contributed by atoms with van der Waals surface area (Å²) >= 11 is 0. The quantitative estimate of drug-likeness (QED) is 0.0204. The van der Waals surface area contributed by atoms with Gasteiger partial charge < -0.3 is 65.1 Å². The molecule has 0 aromatic carbocycles. The molecule has 2 heterocycles. The predicted molar refractivity (Wildman–Crippen MR) is 373 cm³/mol. The van der Waals surface area contributed by atoms with Crippen molar-refractivity contribution in [3.05, 3.63) is 109 Å². The van der Waals surface area contributed by atoms with Crippen molar-refractivity contribution in [2.45, 2.75) is 351 Å². The minimum atomic E-state index is -1.79. The van der Waals surface area contributed by atoms with Crippen LogP contribution in [-0.4, -0.2) is 140 Å². The Morgan fingerprint density at radius 2 is 0.769 bits per heavy atom. The predicted octanol–water partition coefficient (Wildman–Crippen LogP) is 15.5. The molecule has 2 fully saturated rings. The highest BCUT2D eigenvalue weighted by molar-refractivity contribution is 5.76. The molecule has 0 aromatic rings. The number of ether oxygens (including phenoxy) is 4. The summed E-state index contributed by atoms with van der Waals surface area (Å²) in [5, 5.41) is 87.4. The second-order valence-electron chi connectivity index (χ2n) is 25.3. The summed E-state index contributed by atoms with van der Waals surface area (Å²) in [6.07, 6.45) is 70.1. The zero-order valence-electron chi connectivity index (χ0n) is 57.1. The van der Waals surface area contributed by atoms with Crippen LogP contribution < -0.4 is 5.32 Å². The molecular formula is C77H133NO13. The molecule has 0 bridgehead atoms. The number of nitrogens with one attached hydrogen (secondary N) is 1. The fourth-order valence-electron chi connectivity index (χ4n) is 11.4. The lowest BCUT2D eigenvalue weighted by molar-refractivity contribution is -0.359. The monoisotopic (exact) mass is 1280 g/mol. The minimum Gasteiger partial charge on any atom is -0.394 e. The van der Waals surface area contributed by atoms with E-state index in [1.807, 2.05) is 6.08 Å². The van der Waals surface area contributed by atoms with Gasteiger partial charge in [-0.25, -0.2) is 0 Å². The first kappa shape index (κ1) is 83.7. The lowest BCUT2D eigenvalue weighted by Crippen LogP contribution is -2.65. The molecule has 14 nitrogen and oxygen atoms in total. The van der Waals surface area contributed by atoms with Gasteiger partial charge in [0.25, 0.3) is 0 Å². The van der Waals surface area contributed by atoms with Gasteiger partial charge in [0.15, 0.2) is 12.6 Å². The summed E-state index contributed by atoms with van der Waals surface area (Å²) < 4.78 is 22.8. The van der Waals surface area contributed by atoms with Crippen molar-refractivity contribution in [1.29, 1.82) is 0 Å². The first-order valence-corrected chi connectivity index (χ1v) is 36.6. The Morgan fingerprint density at radius 3 is 1.21 bits per heavy atom. The van der Waals surface area contributed by atoms with E-state index in [1.54, 1.807) is 6.08 Å². The van der Waals surface area contributed by atoms with Crippen LogP contribution in [0.3, 0.4) is 0 Å². The van der Waals surface area contributed by atoms with Crippen LogP contribution in [0.25, 0.3) is 0 Å². The molecule has 524 valence electrons. The van der Waals surface area contributed by atoms with E-state index in [-0.39, 0.29) is 18.9 Å². The van der Waals surface area contributed by atoms with Crippen molar-refractivity contribution in [3.8, 4) is 0 Å². The lowest BCUT2D eigenvalue weighted by atomic mass is 9.97. The molecule has 0 radical (unpaired) electrons. The molecule has 1 amide bonds. The summed E-state index contributed by atoms with van der Waals surface area (Å²) in [7, 11) is 0. The third kappa shape index (κ3) is 44.1. The molecule has 2 rings (SSSR count). The van der Waals surface area contributed by atoms with Crippen molar-refractivity contribution < 1.29 is 64.6 Å². The number of aliphatic hydroxyl groups excluding tert-OH is 8. The van der Waals surface area contributed by atoms with E-state index in [9.17, 15) is 45.6 Å². The second-order valence-corrected chi connectivity index (χ2v) is 25.3. The Hall–Kier alpha value is -3.35. The van der Waals surface area contributed by atoms with E-state index in [2.05, 4.69) is 116 Å². The second kappa shape index (κ2) is 60.3. The van der Waals surface area contributed by atoms with Gasteiger partial charge in [0, 0.05) is 6.42 Å². The van der Waals surface area contributed by atoms with Gasteiger partial charge in [-0.15, -0.1) is 0 Å². The molecule has 2 saturated heterocycles. The van der Waals surface area contributed by atoms with E-state index in [4.69, 9.17) is 18.9 Å². The normalized spacial score (nSPS) is 23.5. The minimum absolute atomic E-state index is 0.250. The van der Waals surface area contributed by atoms with Crippen LogP contribution in [0, 0.1) is 0 Å². The highest BCUT2D eigenvalue weighted by Gasteiger charge is 2.51. The topological polar surface area (TPSA) is 228 Å². The van der Waals surface area contributed by atoms with Crippen LogP contribution in [0.1, 0.15) is 277 Å². The maximum Gasteiger partial charge on any atom is 0.220 e. The van der Waals surface area contributed by atoms with Crippen LogP contribution in [-0.2, 0) is 23.7 Å². The molecule has 0 aliphatic carbocycles. The highest BCUT2D eigenvalue weighted by atomic mass is 16.7. The number of rotatable bonds is 59. The average Bonchev–Trinajstić information content (AvgIpc) is 1.19. The molecule has 12 atom stereocenters. The van der Waals surface area contributed by atoms with Crippen molar-refractivity contribution in [2.75, 3.05) is 19.8 Å². The lowest BCUT2D eigenvalue weighted by Gasteiger charge is -2.46. The van der Waals surface area contributed by atoms with Gasteiger partial charge in [-0.05, 0) is 89.9 Å². The highest BCUT2D eigenvalue weighted by Crippen LogP contribution is 2.30. The summed E-state index contributed by atoms with van der Waals surface area (Å²) in [5.74, 6) is -0.250. The van der Waals surface area contributed by atoms with Gasteiger partial charge in [0.2, 0.25) is 5.91 Å². The van der Waals surface area contributed by atoms with Gasteiger partial charge in [-0.3, -0.25) is 4.79 Å². The number of hydrogen-bond acceptors (Lipinski definition) is 13. The van der Waals surface area contributed by atoms with Gasteiger partial charge in [-0.2, -0.15) is 0 Å². The summed E-state index contributed by atoms with van der Waals surface area (Å²) in [4.78, 5) is 13.3. The zero-order valence-corrected chi connectivity index (χ0v) is 57.1. The van der Waals surface area contributed by atoms with E-state index in [0.717, 1.165) is 77.0 Å². The third-order valence-electron chi connectivity index (χ3n) is 17.2. The Morgan fingerprint density at radius 1 is 0.407 bits per heavy atom. The zero-order chi connectivity index (χ0) is 65.9. The van der Waals surface area contributed by atoms with Crippen molar-refractivity contribution in [1.82, 2.24) is 5.32 Å². The number of amides is 1. The number of allylic oxidation sites excluding steroid dienone is 17. The van der Waals surface area contributed by atoms with Crippen LogP contribution >= 0.6 is 0 Å². The fourth-order valence-corrected chi connectivity index (χ4v) is 11.4. The molecule has 91 heavy (non-hydrogen) atoms. The molecule has 14 heteroatoms. The molecule has 0 saturated carbocycles. The number of carbonyl (C=O) groups is 1. The van der Waals surface area contributed by atoms with E-state index in [0.29, 0.717) is 12.8 Å². The number of unbranched alkanes of at least 4 members (excludes halogenated alkanes) is 30. The van der Waals surface area contributed by atoms with Crippen molar-refractivity contribution in [2.24, 2.45) is 0 Å². The number of aliphatic hydroxyl groups is 8. The largest absolute Gasteiger partial charge is 0.394 e. The maximum atomic E-state index is 13.3. The van der Waals surface area contributed by atoms with Gasteiger partial charge in [-0.1, -0.05) is 290 Å². The first-order chi connectivity index (χ1) is 44.6. The molecule has 12 unspecified atom stereocenters. The standard InChI is InChI=1S/C77H133NO13/c1-3-5-7-9-11-13-15-17-19-21-23-24-25-26-27-28-29-30-31-32-33-34-35-36-37-38-39-40-41-42-43-45-47-49-51-53-55-57-59-61-69(82)78-65(66(81)60-58-56-54-52-50-48-46-44-22-20-18-16-14-12-10-8-6-4-2)64-88-76-74(87)72(85)75(68(63-80)90-76)91-77-73(86)71(84)70(83)67(62-79)89-77/h5,7,11,13,17,19,23-24,26-27,29-30,32-33,50,52,58,60,65-68,70-77,79-81,83-87H,3-4,6,8-10,12,14-16,18,20-22,25,28,31,34-49,51,53-57,59,61-64H2,1-2H3,(H,78,82)/b7-5-,13-11-,19-17-,24-23-,27-26-,30-29-,33-32-,52-50+,60-58+. The van der Waals surface area contributed by atoms with E-state index >= 15 is 0 Å². The maximum absolute atomic E-state index is 13.3. The Labute approximate surface area is 553 Å². The smallest absolute Gasteiger partial charge is 0.220 e. The molecule has 0 aromatic heterocycles. The van der Waals surface area contributed by atoms with E-state index in [1.165, 1.54) is 167 Å². The Balaban J connectivity index is 1.61. The number of hydrogen-bond donors (Lipinski definition) is 9. The average molecular weight is 1280 g/mol. The molecule has 0 spiro atoms. The molecular weight excluding hydrogens is 1150 g/mol. The van der Waals surface area contributed by atoms with Gasteiger partial charge in [0.1, 0.15) is 48.8 Å². The third-order valence-corrected chi connectivity index (χ3v) is 17.2. The molecule has 9 N–H and O–H groups in total. The number of carbonyl (C=O) groups excluding carboxylic acids is 1. The van der Waals surface area contributed by atoms with Crippen LogP contribution in [0.5, 0.6) is 0 Å². The fraction of sp³-hybridized carbons (Fsp3) is 0.753. The molecule has 2 aliphatic rings.